The lowest BCUT2D eigenvalue weighted by atomic mass is 10.3. The lowest BCUT2D eigenvalue weighted by Crippen LogP contribution is -2.14. The molecule has 8 heteroatoms. The van der Waals surface area contributed by atoms with Gasteiger partial charge in [0.2, 0.25) is 0 Å². The molecule has 3 N–H and O–H groups in total. The van der Waals surface area contributed by atoms with Crippen LogP contribution in [0.1, 0.15) is 0 Å². The van der Waals surface area contributed by atoms with Crippen LogP contribution in [0.3, 0.4) is 0 Å². The van der Waals surface area contributed by atoms with Crippen molar-refractivity contribution in [3.8, 4) is 0 Å². The largest absolute Gasteiger partial charge is 0.399 e. The Hall–Kier alpha value is -2.09. The van der Waals surface area contributed by atoms with E-state index in [9.17, 15) is 12.8 Å². The molecule has 0 fully saturated rings. The van der Waals surface area contributed by atoms with Crippen LogP contribution in [-0.4, -0.2) is 13.6 Å². The number of nitrogens with two attached hydrogens (primary N) is 1. The Morgan fingerprint density at radius 1 is 1.41 bits per heavy atom. The number of benzene rings is 1. The van der Waals surface area contributed by atoms with Gasteiger partial charge >= 0.3 is 0 Å². The first-order valence-corrected chi connectivity index (χ1v) is 5.94. The van der Waals surface area contributed by atoms with Crippen LogP contribution in [0, 0.1) is 5.82 Å². The van der Waals surface area contributed by atoms with Crippen LogP contribution < -0.4 is 10.5 Å². The van der Waals surface area contributed by atoms with Gasteiger partial charge in [-0.2, -0.15) is 0 Å². The third-order valence-corrected chi connectivity index (χ3v) is 3.33. The van der Waals surface area contributed by atoms with Crippen LogP contribution in [0.4, 0.5) is 15.8 Å². The van der Waals surface area contributed by atoms with Crippen LogP contribution in [-0.2, 0) is 10.0 Å². The van der Waals surface area contributed by atoms with Crippen LogP contribution >= 0.6 is 0 Å². The fourth-order valence-corrected chi connectivity index (χ4v) is 2.33. The average Bonchev–Trinajstić information content (AvgIpc) is 2.73. The van der Waals surface area contributed by atoms with Crippen molar-refractivity contribution in [3.63, 3.8) is 0 Å². The highest BCUT2D eigenvalue weighted by molar-refractivity contribution is 7.92. The zero-order valence-corrected chi connectivity index (χ0v) is 9.24. The van der Waals surface area contributed by atoms with Crippen molar-refractivity contribution in [3.05, 3.63) is 36.5 Å². The van der Waals surface area contributed by atoms with Gasteiger partial charge in [-0.05, 0) is 18.2 Å². The van der Waals surface area contributed by atoms with E-state index in [0.29, 0.717) is 0 Å². The third-order valence-electron chi connectivity index (χ3n) is 1.93. The molecule has 0 aliphatic heterocycles. The van der Waals surface area contributed by atoms with Gasteiger partial charge in [0, 0.05) is 5.69 Å². The number of anilines is 2. The molecule has 6 nitrogen and oxygen atoms in total. The van der Waals surface area contributed by atoms with E-state index in [1.165, 1.54) is 6.07 Å². The number of hydrogen-bond donors (Lipinski definition) is 2. The van der Waals surface area contributed by atoms with Crippen molar-refractivity contribution >= 4 is 21.4 Å². The van der Waals surface area contributed by atoms with E-state index >= 15 is 0 Å². The minimum absolute atomic E-state index is 0.104. The number of halogens is 1. The summed E-state index contributed by atoms with van der Waals surface area (Å²) in [6.45, 7) is 0. The first kappa shape index (κ1) is 11.4. The van der Waals surface area contributed by atoms with Gasteiger partial charge in [0.25, 0.3) is 10.0 Å². The van der Waals surface area contributed by atoms with Crippen molar-refractivity contribution < 1.29 is 17.3 Å². The maximum Gasteiger partial charge on any atom is 0.265 e. The fraction of sp³-hybridized carbons (Fsp3) is 0. The molecule has 0 spiro atoms. The maximum absolute atomic E-state index is 13.4. The molecule has 1 heterocycles. The summed E-state index contributed by atoms with van der Waals surface area (Å²) in [5.41, 5.74) is 5.66. The Morgan fingerprint density at radius 3 is 2.82 bits per heavy atom. The molecule has 1 aromatic heterocycles. The number of rotatable bonds is 3. The maximum atomic E-state index is 13.4. The quantitative estimate of drug-likeness (QED) is 0.805. The van der Waals surface area contributed by atoms with Gasteiger partial charge < -0.3 is 10.3 Å². The Bertz CT molecular complexity index is 625. The molecule has 0 aliphatic rings. The van der Waals surface area contributed by atoms with Gasteiger partial charge in [-0.25, -0.2) is 12.8 Å². The van der Waals surface area contributed by atoms with E-state index < -0.39 is 20.7 Å². The average molecular weight is 257 g/mol. The predicted octanol–water partition coefficient (Wildman–Crippen LogP) is 1.20. The summed E-state index contributed by atoms with van der Waals surface area (Å²) in [6, 6.07) is 3.29. The number of nitrogens with zero attached hydrogens (tertiary/aromatic N) is 1. The van der Waals surface area contributed by atoms with Gasteiger partial charge in [0.15, 0.2) is 0 Å². The van der Waals surface area contributed by atoms with Gasteiger partial charge in [0.05, 0.1) is 6.20 Å². The molecule has 0 amide bonds. The molecule has 1 aromatic carbocycles. The molecule has 17 heavy (non-hydrogen) atoms. The summed E-state index contributed by atoms with van der Waals surface area (Å²) < 4.78 is 43.5. The summed E-state index contributed by atoms with van der Waals surface area (Å²) in [6.07, 6.45) is 2.24. The normalized spacial score (nSPS) is 11.4. The summed E-state index contributed by atoms with van der Waals surface area (Å²) in [7, 11) is -4.04. The molecule has 0 radical (unpaired) electrons. The molecule has 2 rings (SSSR count). The van der Waals surface area contributed by atoms with Gasteiger partial charge in [-0.15, -0.1) is 0 Å². The second-order valence-electron chi connectivity index (χ2n) is 3.21. The SMILES string of the molecule is Nc1ccc(F)c(S(=O)(=O)Nc2cnoc2)c1. The van der Waals surface area contributed by atoms with E-state index in [1.54, 1.807) is 0 Å². The standard InChI is InChI=1S/C9H8FN3O3S/c10-8-2-1-6(11)3-9(8)17(14,15)13-7-4-12-16-5-7/h1-5,13H,11H2. The summed E-state index contributed by atoms with van der Waals surface area (Å²) in [4.78, 5) is -0.529. The van der Waals surface area contributed by atoms with E-state index in [2.05, 4.69) is 14.4 Å². The number of aromatic nitrogens is 1. The number of hydrogen-bond acceptors (Lipinski definition) is 5. The molecular weight excluding hydrogens is 249 g/mol. The first-order valence-electron chi connectivity index (χ1n) is 4.46. The second-order valence-corrected chi connectivity index (χ2v) is 4.86. The van der Waals surface area contributed by atoms with Gasteiger partial charge in [-0.1, -0.05) is 5.16 Å². The van der Waals surface area contributed by atoms with Crippen molar-refractivity contribution in [1.29, 1.82) is 0 Å². The van der Waals surface area contributed by atoms with Crippen LogP contribution in [0.2, 0.25) is 0 Å². The second kappa shape index (κ2) is 4.06. The molecule has 0 saturated carbocycles. The van der Waals surface area contributed by atoms with Crippen molar-refractivity contribution in [2.24, 2.45) is 0 Å². The van der Waals surface area contributed by atoms with Crippen LogP contribution in [0.25, 0.3) is 0 Å². The van der Waals surface area contributed by atoms with Crippen molar-refractivity contribution in [2.45, 2.75) is 4.90 Å². The Balaban J connectivity index is 2.41. The Labute approximate surface area is 96.3 Å². The van der Waals surface area contributed by atoms with E-state index in [0.717, 1.165) is 24.6 Å². The van der Waals surface area contributed by atoms with Gasteiger partial charge in [-0.3, -0.25) is 4.72 Å². The molecular formula is C9H8FN3O3S. The Morgan fingerprint density at radius 2 is 2.18 bits per heavy atom. The Kier molecular flexibility index (Phi) is 2.72. The van der Waals surface area contributed by atoms with Gasteiger partial charge in [0.1, 0.15) is 22.7 Å². The van der Waals surface area contributed by atoms with Crippen molar-refractivity contribution in [2.75, 3.05) is 10.5 Å². The molecule has 90 valence electrons. The zero-order valence-electron chi connectivity index (χ0n) is 8.42. The lowest BCUT2D eigenvalue weighted by molar-refractivity contribution is 0.420. The summed E-state index contributed by atoms with van der Waals surface area (Å²) in [5, 5.41) is 3.32. The zero-order chi connectivity index (χ0) is 12.5. The summed E-state index contributed by atoms with van der Waals surface area (Å²) >= 11 is 0. The van der Waals surface area contributed by atoms with E-state index in [1.807, 2.05) is 0 Å². The fourth-order valence-electron chi connectivity index (χ4n) is 1.19. The monoisotopic (exact) mass is 257 g/mol. The molecule has 0 saturated heterocycles. The minimum Gasteiger partial charge on any atom is -0.399 e. The number of sulfonamides is 1. The highest BCUT2D eigenvalue weighted by atomic mass is 32.2. The van der Waals surface area contributed by atoms with E-state index in [-0.39, 0.29) is 11.4 Å². The lowest BCUT2D eigenvalue weighted by Gasteiger charge is -2.06. The molecule has 0 unspecified atom stereocenters. The summed E-state index contributed by atoms with van der Waals surface area (Å²) in [5.74, 6) is -0.886. The topological polar surface area (TPSA) is 98.2 Å². The molecule has 0 aliphatic carbocycles. The first-order chi connectivity index (χ1) is 7.99. The highest BCUT2D eigenvalue weighted by Gasteiger charge is 2.20. The van der Waals surface area contributed by atoms with Crippen molar-refractivity contribution in [1.82, 2.24) is 5.16 Å². The minimum atomic E-state index is -4.04. The molecule has 2 aromatic rings. The number of nitrogens with one attached hydrogen (secondary N) is 1. The predicted molar refractivity (Wildman–Crippen MR) is 58.1 cm³/mol. The number of nitrogen functional groups attached to an aromatic ring is 1. The van der Waals surface area contributed by atoms with Crippen LogP contribution in [0.5, 0.6) is 0 Å². The smallest absolute Gasteiger partial charge is 0.265 e. The molecule has 0 bridgehead atoms. The van der Waals surface area contributed by atoms with E-state index in [4.69, 9.17) is 5.73 Å². The molecule has 0 atom stereocenters. The van der Waals surface area contributed by atoms with Crippen LogP contribution in [0.15, 0.2) is 40.1 Å². The third kappa shape index (κ3) is 2.36. The highest BCUT2D eigenvalue weighted by Crippen LogP contribution is 2.20.